The summed E-state index contributed by atoms with van der Waals surface area (Å²) in [4.78, 5) is 30.3. The zero-order valence-electron chi connectivity index (χ0n) is 22.0. The van der Waals surface area contributed by atoms with Crippen molar-refractivity contribution in [1.29, 1.82) is 0 Å². The molecule has 2 heterocycles. The van der Waals surface area contributed by atoms with Crippen LogP contribution in [0.5, 0.6) is 0 Å². The van der Waals surface area contributed by atoms with Crippen LogP contribution in [0.15, 0.2) is 87.6 Å². The number of aromatic nitrogens is 3. The Kier molecular flexibility index (Phi) is 8.77. The van der Waals surface area contributed by atoms with Gasteiger partial charge in [0.25, 0.3) is 5.91 Å². The number of nitrogens with zero attached hydrogens (tertiary/aromatic N) is 3. The number of hydrogen-bond donors (Lipinski definition) is 2. The van der Waals surface area contributed by atoms with Gasteiger partial charge in [0.05, 0.1) is 17.7 Å². The number of ether oxygens (including phenoxy) is 1. The van der Waals surface area contributed by atoms with Crippen molar-refractivity contribution < 1.29 is 18.7 Å². The first-order valence-electron chi connectivity index (χ1n) is 12.6. The summed E-state index contributed by atoms with van der Waals surface area (Å²) >= 11 is 10.9. The van der Waals surface area contributed by atoms with E-state index in [1.165, 1.54) is 17.8 Å². The van der Waals surface area contributed by atoms with Crippen molar-refractivity contribution in [2.75, 3.05) is 17.2 Å². The van der Waals surface area contributed by atoms with Crippen molar-refractivity contribution in [3.05, 3.63) is 110 Å². The summed E-state index contributed by atoms with van der Waals surface area (Å²) in [6.07, 6.45) is 0. The maximum atomic E-state index is 14.3. The van der Waals surface area contributed by atoms with Gasteiger partial charge in [-0.25, -0.2) is 13.9 Å². The maximum absolute atomic E-state index is 14.3. The van der Waals surface area contributed by atoms with E-state index in [1.54, 1.807) is 54.9 Å². The Morgan fingerprint density at radius 3 is 2.56 bits per heavy atom. The van der Waals surface area contributed by atoms with E-state index in [9.17, 15) is 14.0 Å². The Morgan fingerprint density at radius 1 is 1.15 bits per heavy atom. The molecule has 0 saturated heterocycles. The highest BCUT2D eigenvalue weighted by Gasteiger charge is 2.34. The lowest BCUT2D eigenvalue weighted by molar-refractivity contribution is -0.113. The van der Waals surface area contributed by atoms with Gasteiger partial charge in [0.2, 0.25) is 11.1 Å². The minimum atomic E-state index is -0.600. The number of allylic oxidation sites excluding steroid dienone is 1. The second kappa shape index (κ2) is 12.5. The molecule has 0 radical (unpaired) electrons. The predicted octanol–water partition coefficient (Wildman–Crippen LogP) is 7.23. The summed E-state index contributed by atoms with van der Waals surface area (Å²) in [5, 5.41) is 11.5. The first kappa shape index (κ1) is 28.8. The monoisotopic (exact) mass is 655 g/mol. The molecule has 4 aromatic rings. The highest BCUT2D eigenvalue weighted by molar-refractivity contribution is 9.10. The lowest BCUT2D eigenvalue weighted by Gasteiger charge is -2.28. The molecular weight excluding hydrogens is 633 g/mol. The van der Waals surface area contributed by atoms with Crippen LogP contribution in [0.1, 0.15) is 41.4 Å². The Bertz CT molecular complexity index is 1620. The third kappa shape index (κ3) is 6.32. The largest absolute Gasteiger partial charge is 0.462 e. The van der Waals surface area contributed by atoms with Crippen molar-refractivity contribution in [3.8, 4) is 0 Å². The lowest BCUT2D eigenvalue weighted by Crippen LogP contribution is -2.31. The van der Waals surface area contributed by atoms with Crippen LogP contribution in [0.4, 0.5) is 16.0 Å². The van der Waals surface area contributed by atoms with Gasteiger partial charge in [0.15, 0.2) is 0 Å². The number of fused-ring (bicyclic) bond motifs is 1. The van der Waals surface area contributed by atoms with Crippen LogP contribution in [0.25, 0.3) is 0 Å². The molecule has 1 aromatic heterocycles. The highest BCUT2D eigenvalue weighted by Crippen LogP contribution is 2.38. The predicted molar refractivity (Wildman–Crippen MR) is 161 cm³/mol. The fourth-order valence-electron chi connectivity index (χ4n) is 4.35. The molecule has 41 heavy (non-hydrogen) atoms. The molecule has 0 saturated carbocycles. The normalized spacial score (nSPS) is 14.3. The van der Waals surface area contributed by atoms with Crippen LogP contribution in [0, 0.1) is 5.82 Å². The van der Waals surface area contributed by atoms with E-state index in [4.69, 9.17) is 21.4 Å². The average molecular weight is 657 g/mol. The third-order valence-corrected chi connectivity index (χ3v) is 8.07. The summed E-state index contributed by atoms with van der Waals surface area (Å²) in [5.41, 5.74) is 3.13. The number of carbonyl (C=O) groups is 2. The fourth-order valence-corrected chi connectivity index (χ4v) is 5.79. The molecule has 0 unspecified atom stereocenters. The summed E-state index contributed by atoms with van der Waals surface area (Å²) in [6.45, 7) is 3.81. The molecule has 1 amide bonds. The van der Waals surface area contributed by atoms with Crippen LogP contribution in [-0.4, -0.2) is 33.2 Å². The molecule has 12 heteroatoms. The zero-order chi connectivity index (χ0) is 29.1. The van der Waals surface area contributed by atoms with Crippen molar-refractivity contribution in [1.82, 2.24) is 14.8 Å². The molecule has 8 nitrogen and oxygen atoms in total. The molecular formula is C29H24BrClFN5O3S. The molecule has 0 bridgehead atoms. The Labute approximate surface area is 253 Å². The van der Waals surface area contributed by atoms with E-state index >= 15 is 0 Å². The number of thioether (sulfide) groups is 1. The van der Waals surface area contributed by atoms with E-state index in [0.29, 0.717) is 44.2 Å². The number of rotatable bonds is 8. The van der Waals surface area contributed by atoms with Gasteiger partial charge in [0, 0.05) is 32.2 Å². The lowest BCUT2D eigenvalue weighted by atomic mass is 9.95. The smallest absolute Gasteiger partial charge is 0.338 e. The summed E-state index contributed by atoms with van der Waals surface area (Å²) in [5.74, 6) is -0.487. The van der Waals surface area contributed by atoms with Crippen molar-refractivity contribution in [3.63, 3.8) is 0 Å². The average Bonchev–Trinajstić information content (AvgIpc) is 3.35. The zero-order valence-corrected chi connectivity index (χ0v) is 25.1. The molecule has 2 N–H and O–H groups in total. The number of esters is 1. The van der Waals surface area contributed by atoms with Gasteiger partial charge in [-0.2, -0.15) is 4.98 Å². The highest BCUT2D eigenvalue weighted by atomic mass is 79.9. The number of hydrogen-bond acceptors (Lipinski definition) is 7. The first-order chi connectivity index (χ1) is 19.7. The van der Waals surface area contributed by atoms with E-state index in [0.717, 1.165) is 10.0 Å². The molecule has 0 aliphatic carbocycles. The van der Waals surface area contributed by atoms with E-state index in [2.05, 4.69) is 31.5 Å². The Hall–Kier alpha value is -3.67. The number of amides is 1. The van der Waals surface area contributed by atoms with Crippen molar-refractivity contribution in [2.45, 2.75) is 30.8 Å². The van der Waals surface area contributed by atoms with Gasteiger partial charge in [-0.3, -0.25) is 4.79 Å². The number of halogens is 3. The molecule has 1 aliphatic heterocycles. The summed E-state index contributed by atoms with van der Waals surface area (Å²) < 4.78 is 21.9. The van der Waals surface area contributed by atoms with Gasteiger partial charge >= 0.3 is 5.97 Å². The number of nitrogens with one attached hydrogen (secondary N) is 2. The van der Waals surface area contributed by atoms with Gasteiger partial charge in [-0.1, -0.05) is 57.5 Å². The number of benzene rings is 3. The topological polar surface area (TPSA) is 98.1 Å². The number of carbonyl (C=O) groups excluding carboxylic acids is 2. The standard InChI is InChI=1S/C29H24BrClFN5O3S/c1-3-40-27(39)18-9-13-20(14-10-18)34-26(38)24-16(2)33-28-35-29(41-15-21-22(31)5-4-6-23(21)32)36-37(28)25(24)17-7-11-19(30)12-8-17/h4-14,25H,3,15H2,1-2H3,(H,34,38)(H,33,35,36)/t25-/m0/s1. The van der Waals surface area contributed by atoms with Crippen molar-refractivity contribution >= 4 is 62.8 Å². The minimum absolute atomic E-state index is 0.236. The van der Waals surface area contributed by atoms with Crippen LogP contribution < -0.4 is 10.6 Å². The molecule has 1 atom stereocenters. The molecule has 0 spiro atoms. The molecule has 3 aromatic carbocycles. The second-order valence-corrected chi connectivity index (χ2v) is 11.3. The Balaban J connectivity index is 1.44. The van der Waals surface area contributed by atoms with Crippen LogP contribution >= 0.6 is 39.3 Å². The van der Waals surface area contributed by atoms with E-state index < -0.39 is 17.8 Å². The first-order valence-corrected chi connectivity index (χ1v) is 14.7. The van der Waals surface area contributed by atoms with Crippen molar-refractivity contribution in [2.24, 2.45) is 0 Å². The van der Waals surface area contributed by atoms with E-state index in [-0.39, 0.29) is 18.3 Å². The molecule has 210 valence electrons. The SMILES string of the molecule is CCOC(=O)c1ccc(NC(=O)C2=C(C)Nc3nc(SCc4c(F)cccc4Cl)nn3[C@H]2c2ccc(Br)cc2)cc1. The fraction of sp³-hybridized carbons (Fsp3) is 0.172. The summed E-state index contributed by atoms with van der Waals surface area (Å²) in [7, 11) is 0. The number of anilines is 2. The second-order valence-electron chi connectivity index (χ2n) is 9.02. The van der Waals surface area contributed by atoms with Gasteiger partial charge in [-0.15, -0.1) is 5.10 Å². The maximum Gasteiger partial charge on any atom is 0.338 e. The van der Waals surface area contributed by atoms with Crippen LogP contribution in [0.2, 0.25) is 5.02 Å². The van der Waals surface area contributed by atoms with Gasteiger partial charge in [0.1, 0.15) is 11.9 Å². The van der Waals surface area contributed by atoms with Gasteiger partial charge < -0.3 is 15.4 Å². The van der Waals surface area contributed by atoms with Crippen LogP contribution in [-0.2, 0) is 15.3 Å². The van der Waals surface area contributed by atoms with Gasteiger partial charge in [-0.05, 0) is 67.9 Å². The molecule has 0 fully saturated rings. The third-order valence-electron chi connectivity index (χ3n) is 6.32. The minimum Gasteiger partial charge on any atom is -0.462 e. The Morgan fingerprint density at radius 2 is 1.88 bits per heavy atom. The quantitative estimate of drug-likeness (QED) is 0.153. The van der Waals surface area contributed by atoms with Crippen LogP contribution in [0.3, 0.4) is 0 Å². The van der Waals surface area contributed by atoms with E-state index in [1.807, 2.05) is 24.3 Å². The molecule has 1 aliphatic rings. The molecule has 5 rings (SSSR count). The summed E-state index contributed by atoms with van der Waals surface area (Å²) in [6, 6.07) is 18.1.